The van der Waals surface area contributed by atoms with Crippen LogP contribution in [0.2, 0.25) is 0 Å². The highest BCUT2D eigenvalue weighted by atomic mass is 32.2. The van der Waals surface area contributed by atoms with Gasteiger partial charge in [0.2, 0.25) is 5.91 Å². The van der Waals surface area contributed by atoms with Crippen LogP contribution >= 0.6 is 11.8 Å². The van der Waals surface area contributed by atoms with E-state index >= 15 is 0 Å². The van der Waals surface area contributed by atoms with E-state index in [1.165, 1.54) is 11.8 Å². The molecule has 156 valence electrons. The molecule has 0 bridgehead atoms. The Labute approximate surface area is 184 Å². The highest BCUT2D eigenvalue weighted by Crippen LogP contribution is 2.23. The number of carbonyl (C=O) groups is 1. The van der Waals surface area contributed by atoms with E-state index in [1.807, 2.05) is 60.7 Å². The number of para-hydroxylation sites is 2. The second-order valence-electron chi connectivity index (χ2n) is 6.92. The maximum atomic E-state index is 13.4. The molecule has 2 aromatic carbocycles. The van der Waals surface area contributed by atoms with Crippen LogP contribution in [0.3, 0.4) is 0 Å². The van der Waals surface area contributed by atoms with Crippen molar-refractivity contribution in [2.24, 2.45) is 0 Å². The summed E-state index contributed by atoms with van der Waals surface area (Å²) in [5, 5.41) is 3.92. The Morgan fingerprint density at radius 2 is 1.81 bits per heavy atom. The number of thioether (sulfide) groups is 1. The second kappa shape index (κ2) is 9.57. The first-order valence-corrected chi connectivity index (χ1v) is 11.1. The molecule has 0 spiro atoms. The predicted octanol–water partition coefficient (Wildman–Crippen LogP) is 3.75. The van der Waals surface area contributed by atoms with Crippen molar-refractivity contribution >= 4 is 28.6 Å². The summed E-state index contributed by atoms with van der Waals surface area (Å²) >= 11 is 1.25. The molecule has 31 heavy (non-hydrogen) atoms. The fourth-order valence-corrected chi connectivity index (χ4v) is 4.16. The van der Waals surface area contributed by atoms with Gasteiger partial charge in [0.1, 0.15) is 0 Å². The summed E-state index contributed by atoms with van der Waals surface area (Å²) in [5.41, 5.74) is 3.11. The molecule has 0 saturated carbocycles. The van der Waals surface area contributed by atoms with E-state index in [0.717, 1.165) is 23.4 Å². The summed E-state index contributed by atoms with van der Waals surface area (Å²) in [4.78, 5) is 34.7. The molecular formula is C24H22N4O2S. The number of carbonyl (C=O) groups excluding carboxylic acids is 1. The van der Waals surface area contributed by atoms with Gasteiger partial charge in [0.15, 0.2) is 5.16 Å². The SMILES string of the molecule is CCc1ccccc1-n1c(SCC(=O)NCc2ccccn2)nc2ccccc2c1=O. The van der Waals surface area contributed by atoms with Crippen molar-refractivity contribution in [1.29, 1.82) is 0 Å². The Kier molecular flexibility index (Phi) is 6.43. The molecule has 0 aliphatic rings. The number of rotatable bonds is 7. The number of hydrogen-bond donors (Lipinski definition) is 1. The van der Waals surface area contributed by atoms with E-state index in [2.05, 4.69) is 17.2 Å². The minimum atomic E-state index is -0.145. The first-order valence-electron chi connectivity index (χ1n) is 10.1. The zero-order valence-electron chi connectivity index (χ0n) is 17.1. The summed E-state index contributed by atoms with van der Waals surface area (Å²) in [5.74, 6) is -0.000264. The third kappa shape index (κ3) is 4.67. The number of fused-ring (bicyclic) bond motifs is 1. The van der Waals surface area contributed by atoms with Gasteiger partial charge in [-0.25, -0.2) is 4.98 Å². The highest BCUT2D eigenvalue weighted by molar-refractivity contribution is 7.99. The lowest BCUT2D eigenvalue weighted by Gasteiger charge is -2.16. The molecule has 1 amide bonds. The number of nitrogens with one attached hydrogen (secondary N) is 1. The molecule has 0 aliphatic heterocycles. The summed E-state index contributed by atoms with van der Waals surface area (Å²) in [6, 6.07) is 20.6. The smallest absolute Gasteiger partial charge is 0.266 e. The van der Waals surface area contributed by atoms with E-state index in [-0.39, 0.29) is 17.2 Å². The normalized spacial score (nSPS) is 10.9. The van der Waals surface area contributed by atoms with Crippen molar-refractivity contribution in [2.75, 3.05) is 5.75 Å². The molecule has 6 nitrogen and oxygen atoms in total. The van der Waals surface area contributed by atoms with Gasteiger partial charge in [0.25, 0.3) is 5.56 Å². The van der Waals surface area contributed by atoms with Crippen LogP contribution in [-0.4, -0.2) is 26.2 Å². The number of aromatic nitrogens is 3. The van der Waals surface area contributed by atoms with Crippen LogP contribution in [0.5, 0.6) is 0 Å². The van der Waals surface area contributed by atoms with E-state index in [4.69, 9.17) is 4.98 Å². The molecule has 0 aliphatic carbocycles. The van der Waals surface area contributed by atoms with E-state index in [0.29, 0.717) is 22.6 Å². The second-order valence-corrected chi connectivity index (χ2v) is 7.86. The maximum absolute atomic E-state index is 13.4. The molecule has 2 aromatic heterocycles. The molecule has 0 atom stereocenters. The Bertz CT molecular complexity index is 1270. The van der Waals surface area contributed by atoms with Crippen LogP contribution in [0.4, 0.5) is 0 Å². The number of aryl methyl sites for hydroxylation is 1. The average molecular weight is 431 g/mol. The largest absolute Gasteiger partial charge is 0.350 e. The van der Waals surface area contributed by atoms with Gasteiger partial charge in [-0.1, -0.05) is 55.1 Å². The van der Waals surface area contributed by atoms with E-state index < -0.39 is 0 Å². The minimum absolute atomic E-state index is 0.136. The maximum Gasteiger partial charge on any atom is 0.266 e. The standard InChI is InChI=1S/C24H22N4O2S/c1-2-17-9-3-6-13-21(17)28-23(30)19-11-4-5-12-20(19)27-24(28)31-16-22(29)26-15-18-10-7-8-14-25-18/h3-14H,2,15-16H2,1H3,(H,26,29). The van der Waals surface area contributed by atoms with Gasteiger partial charge in [0.05, 0.1) is 34.6 Å². The minimum Gasteiger partial charge on any atom is -0.350 e. The Morgan fingerprint density at radius 3 is 2.61 bits per heavy atom. The Balaban J connectivity index is 1.65. The number of nitrogens with zero attached hydrogens (tertiary/aromatic N) is 3. The van der Waals surface area contributed by atoms with Crippen LogP contribution < -0.4 is 10.9 Å². The lowest BCUT2D eigenvalue weighted by Crippen LogP contribution is -2.26. The van der Waals surface area contributed by atoms with Gasteiger partial charge in [-0.2, -0.15) is 0 Å². The van der Waals surface area contributed by atoms with Crippen molar-refractivity contribution in [3.8, 4) is 5.69 Å². The molecular weight excluding hydrogens is 408 g/mol. The first-order chi connectivity index (χ1) is 15.2. The summed E-state index contributed by atoms with van der Waals surface area (Å²) in [6.07, 6.45) is 2.48. The highest BCUT2D eigenvalue weighted by Gasteiger charge is 2.16. The summed E-state index contributed by atoms with van der Waals surface area (Å²) in [7, 11) is 0. The molecule has 0 radical (unpaired) electrons. The molecule has 4 rings (SSSR count). The van der Waals surface area contributed by atoms with Crippen LogP contribution in [-0.2, 0) is 17.8 Å². The average Bonchev–Trinajstić information content (AvgIpc) is 2.82. The van der Waals surface area contributed by atoms with Gasteiger partial charge in [0, 0.05) is 6.20 Å². The van der Waals surface area contributed by atoms with E-state index in [9.17, 15) is 9.59 Å². The zero-order chi connectivity index (χ0) is 21.6. The Morgan fingerprint density at radius 1 is 1.03 bits per heavy atom. The predicted molar refractivity (Wildman–Crippen MR) is 124 cm³/mol. The quantitative estimate of drug-likeness (QED) is 0.357. The van der Waals surface area contributed by atoms with Gasteiger partial charge in [-0.05, 0) is 42.3 Å². The molecule has 0 unspecified atom stereocenters. The molecule has 4 aromatic rings. The van der Waals surface area contributed by atoms with Crippen molar-refractivity contribution in [3.63, 3.8) is 0 Å². The molecule has 0 fully saturated rings. The summed E-state index contributed by atoms with van der Waals surface area (Å²) in [6.45, 7) is 2.41. The van der Waals surface area contributed by atoms with Crippen LogP contribution in [0, 0.1) is 0 Å². The number of hydrogen-bond acceptors (Lipinski definition) is 5. The lowest BCUT2D eigenvalue weighted by atomic mass is 10.1. The van der Waals surface area contributed by atoms with Crippen LogP contribution in [0.25, 0.3) is 16.6 Å². The molecule has 0 saturated heterocycles. The molecule has 1 N–H and O–H groups in total. The van der Waals surface area contributed by atoms with Crippen molar-refractivity contribution in [1.82, 2.24) is 19.9 Å². The topological polar surface area (TPSA) is 76.9 Å². The summed E-state index contributed by atoms with van der Waals surface area (Å²) < 4.78 is 1.62. The third-order valence-corrected chi connectivity index (χ3v) is 5.82. The van der Waals surface area contributed by atoms with Gasteiger partial charge in [-0.15, -0.1) is 0 Å². The Hall–Kier alpha value is -3.45. The van der Waals surface area contributed by atoms with Crippen LogP contribution in [0.15, 0.2) is 82.9 Å². The number of amides is 1. The lowest BCUT2D eigenvalue weighted by molar-refractivity contribution is -0.118. The molecule has 2 heterocycles. The molecule has 7 heteroatoms. The number of benzene rings is 2. The van der Waals surface area contributed by atoms with Gasteiger partial charge >= 0.3 is 0 Å². The third-order valence-electron chi connectivity index (χ3n) is 4.88. The zero-order valence-corrected chi connectivity index (χ0v) is 17.9. The van der Waals surface area contributed by atoms with Crippen molar-refractivity contribution in [3.05, 3.63) is 94.5 Å². The van der Waals surface area contributed by atoms with Gasteiger partial charge < -0.3 is 5.32 Å². The fraction of sp³-hybridized carbons (Fsp3) is 0.167. The first kappa shape index (κ1) is 20.8. The monoisotopic (exact) mass is 430 g/mol. The number of pyridine rings is 1. The van der Waals surface area contributed by atoms with E-state index in [1.54, 1.807) is 16.8 Å². The van der Waals surface area contributed by atoms with Crippen molar-refractivity contribution in [2.45, 2.75) is 25.0 Å². The van der Waals surface area contributed by atoms with Crippen LogP contribution in [0.1, 0.15) is 18.2 Å². The van der Waals surface area contributed by atoms with Crippen molar-refractivity contribution < 1.29 is 4.79 Å². The van der Waals surface area contributed by atoms with Gasteiger partial charge in [-0.3, -0.25) is 19.1 Å². The fourth-order valence-electron chi connectivity index (χ4n) is 3.32.